The van der Waals surface area contributed by atoms with Gasteiger partial charge in [0.25, 0.3) is 0 Å². The Kier molecular flexibility index (Phi) is 5.08. The molecule has 2 N–H and O–H groups in total. The number of benzene rings is 3. The van der Waals surface area contributed by atoms with E-state index >= 15 is 0 Å². The Morgan fingerprint density at radius 3 is 2.61 bits per heavy atom. The van der Waals surface area contributed by atoms with Gasteiger partial charge in [-0.25, -0.2) is 14.2 Å². The van der Waals surface area contributed by atoms with Crippen LogP contribution in [0.25, 0.3) is 11.3 Å². The van der Waals surface area contributed by atoms with Crippen LogP contribution in [0.1, 0.15) is 36.1 Å². The summed E-state index contributed by atoms with van der Waals surface area (Å²) in [4.78, 5) is 13.1. The second-order valence-corrected chi connectivity index (χ2v) is 9.19. The predicted octanol–water partition coefficient (Wildman–Crippen LogP) is 5.77. The molecule has 0 bridgehead atoms. The smallest absolute Gasteiger partial charge is 0.340 e. The van der Waals surface area contributed by atoms with Crippen LogP contribution < -0.4 is 15.5 Å². The standard InChI is InChI=1S/C27H26FN3O2/c1-17-8-10-18(11-9-17)25-22(21-6-4-5-7-23(21)28)16-31(30-25)26(32)29-20-12-13-24-19(14-20)15-27(2,3)33-24/h4-14,30H,15-16H2,1-3H3,(H,29,32). The summed E-state index contributed by atoms with van der Waals surface area (Å²) in [6, 6.07) is 19.9. The molecule has 2 heterocycles. The minimum Gasteiger partial charge on any atom is -0.487 e. The number of aryl methyl sites for hydroxylation is 1. The highest BCUT2D eigenvalue weighted by atomic mass is 19.1. The number of carbonyl (C=O) groups is 1. The Hall–Kier alpha value is -3.80. The molecule has 0 aliphatic carbocycles. The van der Waals surface area contributed by atoms with Crippen LogP contribution in [0.5, 0.6) is 5.75 Å². The number of ether oxygens (including phenoxy) is 1. The van der Waals surface area contributed by atoms with Crippen LogP contribution in [0, 0.1) is 12.7 Å². The Balaban J connectivity index is 1.40. The van der Waals surface area contributed by atoms with Crippen molar-refractivity contribution in [3.8, 4) is 5.75 Å². The fourth-order valence-corrected chi connectivity index (χ4v) is 4.36. The molecular formula is C27H26FN3O2. The van der Waals surface area contributed by atoms with Crippen LogP contribution in [-0.2, 0) is 6.42 Å². The fourth-order valence-electron chi connectivity index (χ4n) is 4.36. The van der Waals surface area contributed by atoms with Crippen LogP contribution in [0.4, 0.5) is 14.9 Å². The van der Waals surface area contributed by atoms with E-state index in [9.17, 15) is 9.18 Å². The molecule has 5 rings (SSSR count). The predicted molar refractivity (Wildman–Crippen MR) is 128 cm³/mol. The topological polar surface area (TPSA) is 53.6 Å². The summed E-state index contributed by atoms with van der Waals surface area (Å²) < 4.78 is 20.6. The maximum atomic E-state index is 14.7. The first kappa shape index (κ1) is 21.1. The quantitative estimate of drug-likeness (QED) is 0.541. The number of nitrogens with zero attached hydrogens (tertiary/aromatic N) is 1. The Labute approximate surface area is 192 Å². The highest BCUT2D eigenvalue weighted by molar-refractivity contribution is 5.98. The van der Waals surface area contributed by atoms with Crippen molar-refractivity contribution < 1.29 is 13.9 Å². The Morgan fingerprint density at radius 1 is 1.09 bits per heavy atom. The summed E-state index contributed by atoms with van der Waals surface area (Å²) in [5.41, 5.74) is 8.67. The van der Waals surface area contributed by atoms with Gasteiger partial charge in [0.2, 0.25) is 0 Å². The molecule has 0 atom stereocenters. The summed E-state index contributed by atoms with van der Waals surface area (Å²) in [6.45, 7) is 6.33. The number of hydrazine groups is 1. The summed E-state index contributed by atoms with van der Waals surface area (Å²) >= 11 is 0. The number of halogens is 1. The molecular weight excluding hydrogens is 417 g/mol. The molecule has 2 aliphatic rings. The lowest BCUT2D eigenvalue weighted by molar-refractivity contribution is 0.138. The van der Waals surface area contributed by atoms with Gasteiger partial charge in [-0.3, -0.25) is 5.43 Å². The number of anilines is 1. The van der Waals surface area contributed by atoms with E-state index in [1.165, 1.54) is 11.1 Å². The third-order valence-electron chi connectivity index (χ3n) is 5.96. The van der Waals surface area contributed by atoms with Gasteiger partial charge in [-0.15, -0.1) is 0 Å². The van der Waals surface area contributed by atoms with Crippen LogP contribution >= 0.6 is 0 Å². The van der Waals surface area contributed by atoms with Crippen LogP contribution in [0.3, 0.4) is 0 Å². The van der Waals surface area contributed by atoms with Crippen molar-refractivity contribution in [2.45, 2.75) is 32.8 Å². The summed E-state index contributed by atoms with van der Waals surface area (Å²) in [6.07, 6.45) is 0.782. The molecule has 0 unspecified atom stereocenters. The van der Waals surface area contributed by atoms with E-state index in [-0.39, 0.29) is 24.0 Å². The lowest BCUT2D eigenvalue weighted by Crippen LogP contribution is -2.40. The lowest BCUT2D eigenvalue weighted by atomic mass is 9.99. The van der Waals surface area contributed by atoms with Gasteiger partial charge in [-0.1, -0.05) is 48.0 Å². The number of fused-ring (bicyclic) bond motifs is 1. The Bertz CT molecular complexity index is 1260. The maximum absolute atomic E-state index is 14.7. The van der Waals surface area contributed by atoms with Crippen LogP contribution in [-0.4, -0.2) is 23.2 Å². The molecule has 0 spiro atoms. The molecule has 5 nitrogen and oxygen atoms in total. The van der Waals surface area contributed by atoms with Crippen LogP contribution in [0.2, 0.25) is 0 Å². The zero-order valence-corrected chi connectivity index (χ0v) is 18.9. The molecule has 0 radical (unpaired) electrons. The number of hydrogen-bond acceptors (Lipinski definition) is 3. The molecule has 3 aromatic carbocycles. The van der Waals surface area contributed by atoms with Gasteiger partial charge in [0.1, 0.15) is 17.2 Å². The molecule has 168 valence electrons. The lowest BCUT2D eigenvalue weighted by Gasteiger charge is -2.19. The first-order valence-electron chi connectivity index (χ1n) is 11.0. The van der Waals surface area contributed by atoms with Crippen molar-refractivity contribution >= 4 is 23.0 Å². The molecule has 0 saturated heterocycles. The second kappa shape index (κ2) is 7.96. The summed E-state index contributed by atoms with van der Waals surface area (Å²) in [5.74, 6) is 0.532. The van der Waals surface area contributed by atoms with E-state index in [0.717, 1.165) is 40.1 Å². The minimum atomic E-state index is -0.317. The number of rotatable bonds is 3. The monoisotopic (exact) mass is 443 g/mol. The highest BCUT2D eigenvalue weighted by Gasteiger charge is 2.31. The molecule has 3 aromatic rings. The van der Waals surface area contributed by atoms with E-state index in [1.54, 1.807) is 18.2 Å². The largest absolute Gasteiger partial charge is 0.487 e. The van der Waals surface area contributed by atoms with Gasteiger partial charge in [0, 0.05) is 28.8 Å². The maximum Gasteiger partial charge on any atom is 0.340 e. The van der Waals surface area contributed by atoms with Crippen molar-refractivity contribution in [1.29, 1.82) is 0 Å². The number of amides is 2. The van der Waals surface area contributed by atoms with E-state index in [4.69, 9.17) is 4.74 Å². The first-order valence-corrected chi connectivity index (χ1v) is 11.0. The van der Waals surface area contributed by atoms with E-state index in [1.807, 2.05) is 63.2 Å². The number of urea groups is 1. The van der Waals surface area contributed by atoms with Crippen LogP contribution in [0.15, 0.2) is 66.7 Å². The van der Waals surface area contributed by atoms with Gasteiger partial charge in [0.15, 0.2) is 0 Å². The number of hydrogen-bond donors (Lipinski definition) is 2. The van der Waals surface area contributed by atoms with Crippen molar-refractivity contribution in [3.63, 3.8) is 0 Å². The molecule has 2 aliphatic heterocycles. The minimum absolute atomic E-state index is 0.233. The summed E-state index contributed by atoms with van der Waals surface area (Å²) in [5, 5.41) is 4.43. The number of carbonyl (C=O) groups excluding carboxylic acids is 1. The average molecular weight is 444 g/mol. The van der Waals surface area contributed by atoms with Gasteiger partial charge in [-0.2, -0.15) is 0 Å². The molecule has 0 aromatic heterocycles. The van der Waals surface area contributed by atoms with E-state index in [0.29, 0.717) is 11.3 Å². The van der Waals surface area contributed by atoms with E-state index in [2.05, 4.69) is 10.7 Å². The van der Waals surface area contributed by atoms with Crippen molar-refractivity contribution in [1.82, 2.24) is 10.4 Å². The third-order valence-corrected chi connectivity index (χ3v) is 5.96. The van der Waals surface area contributed by atoms with Gasteiger partial charge < -0.3 is 10.1 Å². The number of nitrogens with one attached hydrogen (secondary N) is 2. The highest BCUT2D eigenvalue weighted by Crippen LogP contribution is 2.37. The van der Waals surface area contributed by atoms with Gasteiger partial charge in [-0.05, 0) is 50.6 Å². The third kappa shape index (κ3) is 4.16. The zero-order valence-electron chi connectivity index (χ0n) is 18.9. The average Bonchev–Trinajstić information content (AvgIpc) is 3.34. The molecule has 6 heteroatoms. The van der Waals surface area contributed by atoms with Crippen molar-refractivity contribution in [3.05, 3.63) is 94.8 Å². The van der Waals surface area contributed by atoms with Gasteiger partial charge in [0.05, 0.1) is 12.2 Å². The fraction of sp³-hybridized carbons (Fsp3) is 0.222. The Morgan fingerprint density at radius 2 is 1.85 bits per heavy atom. The normalized spacial score (nSPS) is 16.3. The van der Waals surface area contributed by atoms with E-state index < -0.39 is 0 Å². The van der Waals surface area contributed by atoms with Crippen molar-refractivity contribution in [2.24, 2.45) is 0 Å². The first-order chi connectivity index (χ1) is 15.8. The SMILES string of the molecule is Cc1ccc(C2=C(c3ccccc3F)CN(C(=O)Nc3ccc4c(c3)CC(C)(C)O4)N2)cc1. The molecule has 33 heavy (non-hydrogen) atoms. The van der Waals surface area contributed by atoms with Crippen molar-refractivity contribution in [2.75, 3.05) is 11.9 Å². The second-order valence-electron chi connectivity index (χ2n) is 9.19. The summed E-state index contributed by atoms with van der Waals surface area (Å²) in [7, 11) is 0. The molecule has 0 fully saturated rings. The zero-order chi connectivity index (χ0) is 23.2. The van der Waals surface area contributed by atoms with Gasteiger partial charge >= 0.3 is 6.03 Å². The molecule has 2 amide bonds. The molecule has 0 saturated carbocycles.